The zero-order valence-electron chi connectivity index (χ0n) is 12.9. The van der Waals surface area contributed by atoms with Crippen LogP contribution in [0.15, 0.2) is 45.7 Å². The lowest BCUT2D eigenvalue weighted by atomic mass is 10.2. The molecule has 1 N–H and O–H groups in total. The van der Waals surface area contributed by atoms with Crippen LogP contribution in [0.1, 0.15) is 15.9 Å². The summed E-state index contributed by atoms with van der Waals surface area (Å²) in [4.78, 5) is 28.9. The molecule has 0 aliphatic heterocycles. The van der Waals surface area contributed by atoms with Crippen molar-refractivity contribution in [2.45, 2.75) is 6.54 Å². The van der Waals surface area contributed by atoms with Gasteiger partial charge in [-0.2, -0.15) is 11.3 Å². The number of likely N-dealkylation sites (N-methyl/N-ethyl adjacent to an activating group) is 1. The molecular weight excluding hydrogens is 392 g/mol. The highest BCUT2D eigenvalue weighted by Gasteiger charge is 2.17. The molecule has 0 unspecified atom stereocenters. The Bertz CT molecular complexity index is 873. The highest BCUT2D eigenvalue weighted by molar-refractivity contribution is 9.10. The van der Waals surface area contributed by atoms with Gasteiger partial charge in [-0.05, 0) is 40.6 Å². The lowest BCUT2D eigenvalue weighted by molar-refractivity contribution is -0.133. The molecule has 0 saturated heterocycles. The van der Waals surface area contributed by atoms with Gasteiger partial charge >= 0.3 is 5.97 Å². The average molecular weight is 407 g/mol. The zero-order chi connectivity index (χ0) is 17.1. The van der Waals surface area contributed by atoms with Crippen molar-refractivity contribution in [3.8, 4) is 0 Å². The van der Waals surface area contributed by atoms with Crippen molar-refractivity contribution in [1.29, 1.82) is 0 Å². The van der Waals surface area contributed by atoms with Crippen molar-refractivity contribution in [3.05, 3.63) is 56.8 Å². The van der Waals surface area contributed by atoms with Crippen molar-refractivity contribution in [2.75, 3.05) is 13.7 Å². The van der Waals surface area contributed by atoms with Crippen LogP contribution in [0.2, 0.25) is 0 Å². The second kappa shape index (κ2) is 7.19. The molecule has 124 valence electrons. The number of carbonyl (C=O) groups excluding carboxylic acids is 2. The summed E-state index contributed by atoms with van der Waals surface area (Å²) in [6.45, 7) is 0.222. The summed E-state index contributed by atoms with van der Waals surface area (Å²) in [7, 11) is 1.69. The Morgan fingerprint density at radius 3 is 2.92 bits per heavy atom. The molecule has 1 amide bonds. The van der Waals surface area contributed by atoms with Crippen LogP contribution >= 0.6 is 27.3 Å². The Morgan fingerprint density at radius 2 is 2.17 bits per heavy atom. The van der Waals surface area contributed by atoms with E-state index in [4.69, 9.17) is 4.74 Å². The van der Waals surface area contributed by atoms with Gasteiger partial charge in [-0.1, -0.05) is 15.9 Å². The Balaban J connectivity index is 1.62. The number of nitrogens with zero attached hydrogens (tertiary/aromatic N) is 1. The molecular formula is C17H15BrN2O3S. The van der Waals surface area contributed by atoms with Crippen LogP contribution in [-0.2, 0) is 16.1 Å². The number of hydrogen-bond donors (Lipinski definition) is 1. The van der Waals surface area contributed by atoms with Crippen molar-refractivity contribution in [2.24, 2.45) is 0 Å². The maximum atomic E-state index is 12.2. The minimum absolute atomic E-state index is 0.240. The van der Waals surface area contributed by atoms with E-state index < -0.39 is 5.97 Å². The van der Waals surface area contributed by atoms with Crippen LogP contribution in [-0.4, -0.2) is 35.4 Å². The monoisotopic (exact) mass is 406 g/mol. The molecule has 0 aliphatic carbocycles. The van der Waals surface area contributed by atoms with Crippen LogP contribution in [0, 0.1) is 0 Å². The second-order valence-corrected chi connectivity index (χ2v) is 7.05. The SMILES string of the molecule is CN(Cc1ccsc1)C(=O)COC(=O)c1c[nH]c2ccc(Br)cc12. The first kappa shape index (κ1) is 16.7. The minimum Gasteiger partial charge on any atom is -0.452 e. The summed E-state index contributed by atoms with van der Waals surface area (Å²) in [6, 6.07) is 7.56. The first-order valence-electron chi connectivity index (χ1n) is 7.23. The van der Waals surface area contributed by atoms with Gasteiger partial charge in [0.1, 0.15) is 0 Å². The smallest absolute Gasteiger partial charge is 0.340 e. The van der Waals surface area contributed by atoms with Gasteiger partial charge in [0.05, 0.1) is 5.56 Å². The third-order valence-corrected chi connectivity index (χ3v) is 4.84. The molecule has 3 aromatic rings. The van der Waals surface area contributed by atoms with Gasteiger partial charge in [0.15, 0.2) is 6.61 Å². The molecule has 0 fully saturated rings. The molecule has 5 nitrogen and oxygen atoms in total. The molecule has 3 rings (SSSR count). The number of amides is 1. The minimum atomic E-state index is -0.517. The molecule has 2 aromatic heterocycles. The van der Waals surface area contributed by atoms with Gasteiger partial charge in [-0.25, -0.2) is 4.79 Å². The second-order valence-electron chi connectivity index (χ2n) is 5.35. The summed E-state index contributed by atoms with van der Waals surface area (Å²) in [6.07, 6.45) is 1.60. The first-order chi connectivity index (χ1) is 11.5. The Labute approximate surface area is 151 Å². The largest absolute Gasteiger partial charge is 0.452 e. The number of hydrogen-bond acceptors (Lipinski definition) is 4. The summed E-state index contributed by atoms with van der Waals surface area (Å²) < 4.78 is 6.04. The van der Waals surface area contributed by atoms with Gasteiger partial charge in [0, 0.05) is 35.2 Å². The maximum Gasteiger partial charge on any atom is 0.340 e. The molecule has 0 bridgehead atoms. The van der Waals surface area contributed by atoms with E-state index in [1.54, 1.807) is 29.5 Å². The topological polar surface area (TPSA) is 62.4 Å². The summed E-state index contributed by atoms with van der Waals surface area (Å²) >= 11 is 4.97. The molecule has 7 heteroatoms. The Hall–Kier alpha value is -2.12. The quantitative estimate of drug-likeness (QED) is 0.655. The van der Waals surface area contributed by atoms with Gasteiger partial charge in [0.2, 0.25) is 0 Å². The van der Waals surface area contributed by atoms with Gasteiger partial charge in [0.25, 0.3) is 5.91 Å². The molecule has 0 atom stereocenters. The van der Waals surface area contributed by atoms with Crippen molar-refractivity contribution in [3.63, 3.8) is 0 Å². The third-order valence-electron chi connectivity index (χ3n) is 3.62. The van der Waals surface area contributed by atoms with E-state index in [0.29, 0.717) is 12.1 Å². The zero-order valence-corrected chi connectivity index (χ0v) is 15.3. The number of aromatic amines is 1. The number of carbonyl (C=O) groups is 2. The highest BCUT2D eigenvalue weighted by Crippen LogP contribution is 2.23. The number of aromatic nitrogens is 1. The number of esters is 1. The molecule has 0 spiro atoms. The predicted molar refractivity (Wildman–Crippen MR) is 97.1 cm³/mol. The van der Waals surface area contributed by atoms with E-state index in [-0.39, 0.29) is 12.5 Å². The molecule has 0 aliphatic rings. The summed E-state index contributed by atoms with van der Waals surface area (Å²) in [5, 5.41) is 4.70. The summed E-state index contributed by atoms with van der Waals surface area (Å²) in [5.74, 6) is -0.757. The van der Waals surface area contributed by atoms with E-state index in [1.807, 2.05) is 35.0 Å². The first-order valence-corrected chi connectivity index (χ1v) is 8.97. The van der Waals surface area contributed by atoms with Crippen molar-refractivity contribution in [1.82, 2.24) is 9.88 Å². The van der Waals surface area contributed by atoms with Gasteiger partial charge in [-0.3, -0.25) is 4.79 Å². The highest BCUT2D eigenvalue weighted by atomic mass is 79.9. The van der Waals surface area contributed by atoms with E-state index in [0.717, 1.165) is 20.9 Å². The number of halogens is 1. The van der Waals surface area contributed by atoms with Crippen LogP contribution in [0.4, 0.5) is 0 Å². The number of H-pyrrole nitrogens is 1. The fraction of sp³-hybridized carbons (Fsp3) is 0.176. The van der Waals surface area contributed by atoms with Gasteiger partial charge in [-0.15, -0.1) is 0 Å². The normalized spacial score (nSPS) is 10.8. The molecule has 24 heavy (non-hydrogen) atoms. The van der Waals surface area contributed by atoms with Crippen LogP contribution < -0.4 is 0 Å². The molecule has 0 saturated carbocycles. The maximum absolute atomic E-state index is 12.2. The number of fused-ring (bicyclic) bond motifs is 1. The number of nitrogens with one attached hydrogen (secondary N) is 1. The van der Waals surface area contributed by atoms with E-state index in [9.17, 15) is 9.59 Å². The van der Waals surface area contributed by atoms with E-state index in [2.05, 4.69) is 20.9 Å². The lowest BCUT2D eigenvalue weighted by Gasteiger charge is -2.16. The van der Waals surface area contributed by atoms with Crippen LogP contribution in [0.3, 0.4) is 0 Å². The lowest BCUT2D eigenvalue weighted by Crippen LogP contribution is -2.30. The average Bonchev–Trinajstić information content (AvgIpc) is 3.21. The van der Waals surface area contributed by atoms with Gasteiger partial charge < -0.3 is 14.6 Å². The Morgan fingerprint density at radius 1 is 1.33 bits per heavy atom. The summed E-state index contributed by atoms with van der Waals surface area (Å²) in [5.41, 5.74) is 2.31. The Kier molecular flexibility index (Phi) is 5.01. The van der Waals surface area contributed by atoms with Crippen LogP contribution in [0.5, 0.6) is 0 Å². The predicted octanol–water partition coefficient (Wildman–Crippen LogP) is 3.81. The van der Waals surface area contributed by atoms with Crippen LogP contribution in [0.25, 0.3) is 10.9 Å². The molecule has 2 heterocycles. The van der Waals surface area contributed by atoms with E-state index >= 15 is 0 Å². The fourth-order valence-electron chi connectivity index (χ4n) is 2.32. The standard InChI is InChI=1S/C17H15BrN2O3S/c1-20(8-11-4-5-24-10-11)16(21)9-23-17(22)14-7-19-15-3-2-12(18)6-13(14)15/h2-7,10,19H,8-9H2,1H3. The molecule has 1 aromatic carbocycles. The third kappa shape index (κ3) is 3.68. The van der Waals surface area contributed by atoms with Crippen molar-refractivity contribution >= 4 is 50.0 Å². The number of thiophene rings is 1. The number of ether oxygens (including phenoxy) is 1. The molecule has 0 radical (unpaired) electrons. The fourth-order valence-corrected chi connectivity index (χ4v) is 3.34. The number of benzene rings is 1. The van der Waals surface area contributed by atoms with E-state index in [1.165, 1.54) is 0 Å². The van der Waals surface area contributed by atoms with Crippen molar-refractivity contribution < 1.29 is 14.3 Å². The number of rotatable bonds is 5.